The number of methoxy groups -OCH3 is 1. The van der Waals surface area contributed by atoms with Gasteiger partial charge in [0.1, 0.15) is 17.6 Å². The number of rotatable bonds is 5. The van der Waals surface area contributed by atoms with Crippen LogP contribution in [-0.4, -0.2) is 30.7 Å². The predicted molar refractivity (Wildman–Crippen MR) is 74.7 cm³/mol. The van der Waals surface area contributed by atoms with Gasteiger partial charge < -0.3 is 14.6 Å². The summed E-state index contributed by atoms with van der Waals surface area (Å²) in [6.45, 7) is 0.663. The summed E-state index contributed by atoms with van der Waals surface area (Å²) in [5, 5.41) is 11.7. The molecule has 21 heavy (non-hydrogen) atoms. The fourth-order valence-corrected chi connectivity index (χ4v) is 1.95. The van der Waals surface area contributed by atoms with Crippen LogP contribution >= 0.6 is 0 Å². The van der Waals surface area contributed by atoms with Crippen molar-refractivity contribution in [3.05, 3.63) is 53.6 Å². The van der Waals surface area contributed by atoms with E-state index in [4.69, 9.17) is 10.00 Å². The van der Waals surface area contributed by atoms with Crippen molar-refractivity contribution >= 4 is 5.91 Å². The summed E-state index contributed by atoms with van der Waals surface area (Å²) in [5.41, 5.74) is 0.516. The van der Waals surface area contributed by atoms with Gasteiger partial charge in [-0.15, -0.1) is 0 Å². The maximum Gasteiger partial charge on any atom is 0.269 e. The highest BCUT2D eigenvalue weighted by molar-refractivity contribution is 5.95. The summed E-state index contributed by atoms with van der Waals surface area (Å²) in [6, 6.07) is 9.49. The first kappa shape index (κ1) is 14.8. The van der Waals surface area contributed by atoms with Gasteiger partial charge >= 0.3 is 0 Å². The van der Waals surface area contributed by atoms with Crippen molar-refractivity contribution in [2.75, 3.05) is 20.3 Å². The average Bonchev–Trinajstić information content (AvgIpc) is 2.91. The molecule has 2 aromatic rings. The Morgan fingerprint density at radius 1 is 1.43 bits per heavy atom. The van der Waals surface area contributed by atoms with Crippen molar-refractivity contribution in [3.63, 3.8) is 0 Å². The summed E-state index contributed by atoms with van der Waals surface area (Å²) in [7, 11) is 1.52. The van der Waals surface area contributed by atoms with Crippen LogP contribution in [0.15, 0.2) is 36.5 Å². The number of halogens is 1. The van der Waals surface area contributed by atoms with Crippen LogP contribution < -0.4 is 5.32 Å². The Morgan fingerprint density at radius 3 is 2.86 bits per heavy atom. The lowest BCUT2D eigenvalue weighted by Crippen LogP contribution is -2.29. The Bertz CT molecular complexity index is 688. The van der Waals surface area contributed by atoms with E-state index in [2.05, 4.69) is 5.32 Å². The van der Waals surface area contributed by atoms with Crippen LogP contribution in [0.3, 0.4) is 0 Å². The van der Waals surface area contributed by atoms with Crippen LogP contribution in [0.1, 0.15) is 16.1 Å². The molecule has 1 aromatic heterocycles. The predicted octanol–water partition coefficient (Wildman–Crippen LogP) is 1.86. The molecule has 0 saturated heterocycles. The van der Waals surface area contributed by atoms with Gasteiger partial charge in [0.25, 0.3) is 5.91 Å². The van der Waals surface area contributed by atoms with E-state index in [-0.39, 0.29) is 16.9 Å². The largest absolute Gasteiger partial charge is 0.383 e. The van der Waals surface area contributed by atoms with Crippen molar-refractivity contribution < 1.29 is 13.9 Å². The van der Waals surface area contributed by atoms with Crippen molar-refractivity contribution in [3.8, 4) is 11.8 Å². The number of nitrogens with one attached hydrogen (secondary N) is 1. The van der Waals surface area contributed by atoms with Gasteiger partial charge in [0.05, 0.1) is 17.9 Å². The monoisotopic (exact) mass is 287 g/mol. The highest BCUT2D eigenvalue weighted by Gasteiger charge is 2.19. The van der Waals surface area contributed by atoms with E-state index in [1.54, 1.807) is 18.2 Å². The number of amides is 1. The second-order valence-electron chi connectivity index (χ2n) is 4.26. The summed E-state index contributed by atoms with van der Waals surface area (Å²) >= 11 is 0. The van der Waals surface area contributed by atoms with E-state index in [0.717, 1.165) is 0 Å². The number of hydrogen-bond acceptors (Lipinski definition) is 3. The van der Waals surface area contributed by atoms with Gasteiger partial charge in [-0.05, 0) is 18.2 Å². The molecule has 1 aromatic carbocycles. The zero-order chi connectivity index (χ0) is 15.2. The first-order chi connectivity index (χ1) is 10.2. The normalized spacial score (nSPS) is 10.1. The highest BCUT2D eigenvalue weighted by atomic mass is 19.1. The summed E-state index contributed by atoms with van der Waals surface area (Å²) < 4.78 is 20.1. The number of hydrogen-bond donors (Lipinski definition) is 1. The van der Waals surface area contributed by atoms with E-state index < -0.39 is 11.7 Å². The third kappa shape index (κ3) is 3.09. The molecule has 0 aliphatic heterocycles. The van der Waals surface area contributed by atoms with E-state index in [1.807, 2.05) is 6.07 Å². The van der Waals surface area contributed by atoms with Gasteiger partial charge in [-0.1, -0.05) is 12.1 Å². The fraction of sp³-hybridized carbons (Fsp3) is 0.200. The molecule has 108 valence electrons. The molecule has 1 heterocycles. The minimum atomic E-state index is -0.469. The van der Waals surface area contributed by atoms with Crippen molar-refractivity contribution in [2.45, 2.75) is 0 Å². The number of benzene rings is 1. The number of aromatic nitrogens is 1. The van der Waals surface area contributed by atoms with Crippen LogP contribution in [0, 0.1) is 17.1 Å². The second kappa shape index (κ2) is 6.68. The molecular formula is C15H14FN3O2. The molecule has 0 bridgehead atoms. The van der Waals surface area contributed by atoms with Gasteiger partial charge in [-0.3, -0.25) is 4.79 Å². The molecule has 0 aliphatic carbocycles. The van der Waals surface area contributed by atoms with Crippen LogP contribution in [0.4, 0.5) is 4.39 Å². The van der Waals surface area contributed by atoms with E-state index in [1.165, 1.54) is 30.0 Å². The lowest BCUT2D eigenvalue weighted by Gasteiger charge is -2.11. The summed E-state index contributed by atoms with van der Waals surface area (Å²) in [5.74, 6) is -0.916. The molecule has 0 aliphatic rings. The maximum atomic E-state index is 13.9. The summed E-state index contributed by atoms with van der Waals surface area (Å²) in [4.78, 5) is 12.2. The maximum absolute atomic E-state index is 13.9. The average molecular weight is 287 g/mol. The SMILES string of the molecule is COCCNC(=O)c1c(C#N)ccn1-c1ccccc1F. The third-order valence-electron chi connectivity index (χ3n) is 2.93. The second-order valence-corrected chi connectivity index (χ2v) is 4.26. The molecule has 0 radical (unpaired) electrons. The number of ether oxygens (including phenoxy) is 1. The minimum Gasteiger partial charge on any atom is -0.383 e. The molecule has 2 rings (SSSR count). The van der Waals surface area contributed by atoms with Gasteiger partial charge in [0.15, 0.2) is 0 Å². The number of carbonyl (C=O) groups excluding carboxylic acids is 1. The third-order valence-corrected chi connectivity index (χ3v) is 2.93. The van der Waals surface area contributed by atoms with Crippen molar-refractivity contribution in [2.24, 2.45) is 0 Å². The Balaban J connectivity index is 2.41. The molecule has 0 saturated carbocycles. The molecule has 0 atom stereocenters. The first-order valence-electron chi connectivity index (χ1n) is 6.32. The number of carbonyl (C=O) groups is 1. The molecule has 0 spiro atoms. The molecule has 0 unspecified atom stereocenters. The van der Waals surface area contributed by atoms with Gasteiger partial charge in [0, 0.05) is 19.9 Å². The molecule has 1 amide bonds. The Kier molecular flexibility index (Phi) is 4.69. The molecule has 6 heteroatoms. The Labute approximate surface area is 121 Å². The highest BCUT2D eigenvalue weighted by Crippen LogP contribution is 2.19. The first-order valence-corrected chi connectivity index (χ1v) is 6.32. The fourth-order valence-electron chi connectivity index (χ4n) is 1.95. The zero-order valence-electron chi connectivity index (χ0n) is 11.5. The lowest BCUT2D eigenvalue weighted by molar-refractivity contribution is 0.0930. The van der Waals surface area contributed by atoms with Crippen molar-refractivity contribution in [1.82, 2.24) is 9.88 Å². The van der Waals surface area contributed by atoms with E-state index in [9.17, 15) is 9.18 Å². The molecule has 5 nitrogen and oxygen atoms in total. The lowest BCUT2D eigenvalue weighted by atomic mass is 10.2. The smallest absolute Gasteiger partial charge is 0.269 e. The van der Waals surface area contributed by atoms with Gasteiger partial charge in [-0.25, -0.2) is 4.39 Å². The van der Waals surface area contributed by atoms with Crippen LogP contribution in [-0.2, 0) is 4.74 Å². The van der Waals surface area contributed by atoms with Crippen molar-refractivity contribution in [1.29, 1.82) is 5.26 Å². The van der Waals surface area contributed by atoms with Gasteiger partial charge in [0.2, 0.25) is 0 Å². The van der Waals surface area contributed by atoms with E-state index in [0.29, 0.717) is 13.2 Å². The standard InChI is InChI=1S/C15H14FN3O2/c1-21-9-7-18-15(20)14-11(10-17)6-8-19(14)13-5-3-2-4-12(13)16/h2-6,8H,7,9H2,1H3,(H,18,20). The van der Waals surface area contributed by atoms with E-state index >= 15 is 0 Å². The van der Waals surface area contributed by atoms with Crippen LogP contribution in [0.5, 0.6) is 0 Å². The minimum absolute atomic E-state index is 0.110. The Hall–Kier alpha value is -2.65. The quantitative estimate of drug-likeness (QED) is 0.854. The number of nitriles is 1. The number of para-hydroxylation sites is 1. The Morgan fingerprint density at radius 2 is 2.19 bits per heavy atom. The molecular weight excluding hydrogens is 273 g/mol. The molecule has 0 fully saturated rings. The zero-order valence-corrected chi connectivity index (χ0v) is 11.5. The molecule has 1 N–H and O–H groups in total. The summed E-state index contributed by atoms with van der Waals surface area (Å²) in [6.07, 6.45) is 1.50. The van der Waals surface area contributed by atoms with Crippen LogP contribution in [0.25, 0.3) is 5.69 Å². The van der Waals surface area contributed by atoms with Gasteiger partial charge in [-0.2, -0.15) is 5.26 Å². The number of nitrogens with zero attached hydrogens (tertiary/aromatic N) is 2. The van der Waals surface area contributed by atoms with Crippen LogP contribution in [0.2, 0.25) is 0 Å². The topological polar surface area (TPSA) is 67.0 Å².